The van der Waals surface area contributed by atoms with Crippen LogP contribution in [0.15, 0.2) is 18.2 Å². The van der Waals surface area contributed by atoms with E-state index in [9.17, 15) is 9.50 Å². The van der Waals surface area contributed by atoms with Crippen LogP contribution < -0.4 is 5.32 Å². The Hall–Kier alpha value is -0.640. The molecule has 1 aliphatic heterocycles. The van der Waals surface area contributed by atoms with Crippen molar-refractivity contribution in [3.63, 3.8) is 0 Å². The van der Waals surface area contributed by atoms with Gasteiger partial charge in [0.15, 0.2) is 0 Å². The molecule has 2 N–H and O–H groups in total. The quantitative estimate of drug-likeness (QED) is 0.853. The fourth-order valence-electron chi connectivity index (χ4n) is 2.32. The first-order valence-electron chi connectivity index (χ1n) is 5.88. The van der Waals surface area contributed by atoms with Gasteiger partial charge < -0.3 is 10.4 Å². The normalized spacial score (nSPS) is 29.3. The Morgan fingerprint density at radius 3 is 3.00 bits per heavy atom. The van der Waals surface area contributed by atoms with Crippen LogP contribution in [0.1, 0.15) is 18.9 Å². The minimum absolute atomic E-state index is 0.117. The molecule has 1 saturated heterocycles. The summed E-state index contributed by atoms with van der Waals surface area (Å²) in [6, 6.07) is 4.62. The zero-order chi connectivity index (χ0) is 12.5. The molecule has 0 bridgehead atoms. The van der Waals surface area contributed by atoms with Gasteiger partial charge in [0.2, 0.25) is 0 Å². The molecular formula is C13H17ClFNO. The average Bonchev–Trinajstić information content (AvgIpc) is 2.27. The molecule has 1 aromatic rings. The standard InChI is InChI=1S/C13H17ClFNO/c1-9-8-16-5-4-13(9,17)7-10-2-3-11(14)6-12(10)15/h2-3,6,9,16-17H,4-5,7-8H2,1H3. The number of aliphatic hydroxyl groups is 1. The van der Waals surface area contributed by atoms with E-state index in [4.69, 9.17) is 11.6 Å². The molecule has 0 aromatic heterocycles. The number of hydrogen-bond donors (Lipinski definition) is 2. The first kappa shape index (κ1) is 12.8. The highest BCUT2D eigenvalue weighted by Gasteiger charge is 2.36. The third kappa shape index (κ3) is 2.79. The van der Waals surface area contributed by atoms with E-state index >= 15 is 0 Å². The zero-order valence-electron chi connectivity index (χ0n) is 9.84. The summed E-state index contributed by atoms with van der Waals surface area (Å²) >= 11 is 5.71. The Morgan fingerprint density at radius 2 is 2.35 bits per heavy atom. The van der Waals surface area contributed by atoms with Crippen molar-refractivity contribution in [1.29, 1.82) is 0 Å². The van der Waals surface area contributed by atoms with Gasteiger partial charge >= 0.3 is 0 Å². The summed E-state index contributed by atoms with van der Waals surface area (Å²) in [5.74, 6) is -0.219. The van der Waals surface area contributed by atoms with E-state index in [1.54, 1.807) is 12.1 Å². The monoisotopic (exact) mass is 257 g/mol. The Morgan fingerprint density at radius 1 is 1.59 bits per heavy atom. The lowest BCUT2D eigenvalue weighted by Gasteiger charge is -2.38. The van der Waals surface area contributed by atoms with Crippen LogP contribution in [-0.4, -0.2) is 23.8 Å². The van der Waals surface area contributed by atoms with Crippen molar-refractivity contribution in [2.75, 3.05) is 13.1 Å². The molecule has 94 valence electrons. The molecule has 2 atom stereocenters. The van der Waals surface area contributed by atoms with Crippen LogP contribution >= 0.6 is 11.6 Å². The van der Waals surface area contributed by atoms with Crippen LogP contribution in [0.5, 0.6) is 0 Å². The number of benzene rings is 1. The smallest absolute Gasteiger partial charge is 0.127 e. The van der Waals surface area contributed by atoms with E-state index in [1.165, 1.54) is 6.07 Å². The molecule has 0 aliphatic carbocycles. The van der Waals surface area contributed by atoms with Gasteiger partial charge in [-0.2, -0.15) is 0 Å². The number of piperidine rings is 1. The third-order valence-electron chi connectivity index (χ3n) is 3.61. The van der Waals surface area contributed by atoms with Gasteiger partial charge in [0.05, 0.1) is 5.60 Å². The van der Waals surface area contributed by atoms with Crippen molar-refractivity contribution in [1.82, 2.24) is 5.32 Å². The van der Waals surface area contributed by atoms with Crippen molar-refractivity contribution in [2.24, 2.45) is 5.92 Å². The molecule has 0 saturated carbocycles. The molecule has 2 unspecified atom stereocenters. The lowest BCUT2D eigenvalue weighted by Crippen LogP contribution is -2.50. The summed E-state index contributed by atoms with van der Waals surface area (Å²) in [6.45, 7) is 3.53. The molecule has 1 fully saturated rings. The molecule has 17 heavy (non-hydrogen) atoms. The summed E-state index contributed by atoms with van der Waals surface area (Å²) in [4.78, 5) is 0. The Kier molecular flexibility index (Phi) is 3.71. The van der Waals surface area contributed by atoms with Crippen molar-refractivity contribution < 1.29 is 9.50 Å². The SMILES string of the molecule is CC1CNCCC1(O)Cc1ccc(Cl)cc1F. The van der Waals surface area contributed by atoms with E-state index in [0.29, 0.717) is 23.4 Å². The summed E-state index contributed by atoms with van der Waals surface area (Å²) in [5, 5.41) is 14.2. The summed E-state index contributed by atoms with van der Waals surface area (Å²) < 4.78 is 13.7. The average molecular weight is 258 g/mol. The highest BCUT2D eigenvalue weighted by Crippen LogP contribution is 2.29. The van der Waals surface area contributed by atoms with Crippen molar-refractivity contribution in [2.45, 2.75) is 25.4 Å². The zero-order valence-corrected chi connectivity index (χ0v) is 10.6. The molecule has 4 heteroatoms. The van der Waals surface area contributed by atoms with Gasteiger partial charge in [-0.1, -0.05) is 24.6 Å². The van der Waals surface area contributed by atoms with Crippen LogP contribution in [0.4, 0.5) is 4.39 Å². The van der Waals surface area contributed by atoms with Crippen molar-refractivity contribution in [3.8, 4) is 0 Å². The summed E-state index contributed by atoms with van der Waals surface area (Å²) in [6.07, 6.45) is 0.995. The van der Waals surface area contributed by atoms with Gasteiger partial charge in [-0.15, -0.1) is 0 Å². The molecule has 2 nitrogen and oxygen atoms in total. The molecule has 1 heterocycles. The molecular weight excluding hydrogens is 241 g/mol. The Balaban J connectivity index is 2.19. The van der Waals surface area contributed by atoms with Crippen LogP contribution in [0.25, 0.3) is 0 Å². The van der Waals surface area contributed by atoms with Gasteiger partial charge in [-0.05, 0) is 36.6 Å². The van der Waals surface area contributed by atoms with Gasteiger partial charge in [0.25, 0.3) is 0 Å². The van der Waals surface area contributed by atoms with E-state index in [1.807, 2.05) is 6.92 Å². The largest absolute Gasteiger partial charge is 0.389 e. The van der Waals surface area contributed by atoms with E-state index in [-0.39, 0.29) is 11.7 Å². The second-order valence-corrected chi connectivity index (χ2v) is 5.31. The fraction of sp³-hybridized carbons (Fsp3) is 0.538. The minimum Gasteiger partial charge on any atom is -0.389 e. The Labute approximate surface area is 106 Å². The molecule has 0 radical (unpaired) electrons. The lowest BCUT2D eigenvalue weighted by molar-refractivity contribution is -0.0335. The topological polar surface area (TPSA) is 32.3 Å². The summed E-state index contributed by atoms with van der Waals surface area (Å²) in [7, 11) is 0. The maximum absolute atomic E-state index is 13.7. The summed E-state index contributed by atoms with van der Waals surface area (Å²) in [5.41, 5.74) is -0.287. The number of hydrogen-bond acceptors (Lipinski definition) is 2. The van der Waals surface area contributed by atoms with Crippen LogP contribution in [0, 0.1) is 11.7 Å². The van der Waals surface area contributed by atoms with Crippen molar-refractivity contribution in [3.05, 3.63) is 34.6 Å². The fourth-order valence-corrected chi connectivity index (χ4v) is 2.48. The highest BCUT2D eigenvalue weighted by molar-refractivity contribution is 6.30. The van der Waals surface area contributed by atoms with Gasteiger partial charge in [0.1, 0.15) is 5.82 Å². The highest BCUT2D eigenvalue weighted by atomic mass is 35.5. The van der Waals surface area contributed by atoms with Crippen molar-refractivity contribution >= 4 is 11.6 Å². The van der Waals surface area contributed by atoms with Crippen LogP contribution in [-0.2, 0) is 6.42 Å². The van der Waals surface area contributed by atoms with Crippen LogP contribution in [0.2, 0.25) is 5.02 Å². The predicted molar refractivity (Wildman–Crippen MR) is 66.7 cm³/mol. The van der Waals surface area contributed by atoms with Gasteiger partial charge in [-0.25, -0.2) is 4.39 Å². The second kappa shape index (κ2) is 4.92. The predicted octanol–water partition coefficient (Wildman–Crippen LogP) is 2.38. The maximum Gasteiger partial charge on any atom is 0.127 e. The van der Waals surface area contributed by atoms with E-state index in [0.717, 1.165) is 13.1 Å². The third-order valence-corrected chi connectivity index (χ3v) is 3.85. The molecule has 0 spiro atoms. The molecule has 2 rings (SSSR count). The van der Waals surface area contributed by atoms with E-state index in [2.05, 4.69) is 5.32 Å². The van der Waals surface area contributed by atoms with E-state index < -0.39 is 5.60 Å². The number of nitrogens with one attached hydrogen (secondary N) is 1. The Bertz CT molecular complexity index is 412. The minimum atomic E-state index is -0.820. The van der Waals surface area contributed by atoms with Gasteiger partial charge in [0, 0.05) is 18.0 Å². The number of halogens is 2. The number of rotatable bonds is 2. The lowest BCUT2D eigenvalue weighted by atomic mass is 9.78. The first-order valence-corrected chi connectivity index (χ1v) is 6.26. The van der Waals surface area contributed by atoms with Crippen LogP contribution in [0.3, 0.4) is 0 Å². The second-order valence-electron chi connectivity index (χ2n) is 4.87. The van der Waals surface area contributed by atoms with Gasteiger partial charge in [-0.3, -0.25) is 0 Å². The maximum atomic E-state index is 13.7. The molecule has 0 amide bonds. The molecule has 1 aliphatic rings. The molecule has 1 aromatic carbocycles. The first-order chi connectivity index (χ1) is 8.01.